The fraction of sp³-hybridized carbons (Fsp3) is 0.560. The highest BCUT2D eigenvalue weighted by molar-refractivity contribution is 7.90. The molecule has 1 aliphatic heterocycles. The minimum atomic E-state index is -3.24. The smallest absolute Gasteiger partial charge is 0.271 e. The van der Waals surface area contributed by atoms with Gasteiger partial charge in [-0.1, -0.05) is 39.8 Å². The second kappa shape index (κ2) is 8.75. The third-order valence-electron chi connectivity index (χ3n) is 7.98. The summed E-state index contributed by atoms with van der Waals surface area (Å²) in [7, 11) is -3.24. The van der Waals surface area contributed by atoms with Gasteiger partial charge in [-0.2, -0.15) is 0 Å². The summed E-state index contributed by atoms with van der Waals surface area (Å²) in [6.45, 7) is 10.5. The maximum atomic E-state index is 13.0. The molecule has 0 unspecified atom stereocenters. The first-order valence-electron chi connectivity index (χ1n) is 11.6. The van der Waals surface area contributed by atoms with Gasteiger partial charge < -0.3 is 10.2 Å². The van der Waals surface area contributed by atoms with Crippen molar-refractivity contribution in [2.75, 3.05) is 19.3 Å². The van der Waals surface area contributed by atoms with Crippen LogP contribution in [0.4, 0.5) is 0 Å². The molecule has 1 aromatic heterocycles. The molecule has 2 fully saturated rings. The number of amides is 2. The Hall–Kier alpha value is -2.26. The van der Waals surface area contributed by atoms with Crippen LogP contribution in [0.1, 0.15) is 67.5 Å². The largest absolute Gasteiger partial charge is 0.347 e. The van der Waals surface area contributed by atoms with Gasteiger partial charge in [0, 0.05) is 43.1 Å². The SMILES string of the molecule is CC1(C)C(C(=O)N2CCC(c3nc(C(=O)NCc4ccc(S(C)(=O)=O)cc4)cs3)CC2)C1(C)C. The van der Waals surface area contributed by atoms with Crippen LogP contribution in [-0.2, 0) is 21.2 Å². The van der Waals surface area contributed by atoms with Gasteiger partial charge in [-0.05, 0) is 41.4 Å². The van der Waals surface area contributed by atoms with E-state index in [1.54, 1.807) is 29.6 Å². The number of hydrogen-bond donors (Lipinski definition) is 1. The van der Waals surface area contributed by atoms with Gasteiger partial charge in [0.05, 0.1) is 9.90 Å². The molecule has 184 valence electrons. The molecule has 2 aliphatic rings. The van der Waals surface area contributed by atoms with E-state index >= 15 is 0 Å². The van der Waals surface area contributed by atoms with Crippen molar-refractivity contribution in [1.82, 2.24) is 15.2 Å². The van der Waals surface area contributed by atoms with Crippen molar-refractivity contribution >= 4 is 33.0 Å². The van der Waals surface area contributed by atoms with Crippen molar-refractivity contribution in [3.05, 3.63) is 45.9 Å². The van der Waals surface area contributed by atoms with Crippen LogP contribution in [0.5, 0.6) is 0 Å². The topological polar surface area (TPSA) is 96.4 Å². The molecule has 2 heterocycles. The van der Waals surface area contributed by atoms with Gasteiger partial charge in [-0.3, -0.25) is 9.59 Å². The van der Waals surface area contributed by atoms with E-state index in [4.69, 9.17) is 0 Å². The van der Waals surface area contributed by atoms with Gasteiger partial charge >= 0.3 is 0 Å². The third-order valence-corrected chi connectivity index (χ3v) is 10.1. The lowest BCUT2D eigenvalue weighted by Crippen LogP contribution is -2.40. The fourth-order valence-corrected chi connectivity index (χ4v) is 6.65. The first-order chi connectivity index (χ1) is 15.8. The average Bonchev–Trinajstić information content (AvgIpc) is 3.11. The van der Waals surface area contributed by atoms with E-state index in [0.717, 1.165) is 36.5 Å². The van der Waals surface area contributed by atoms with Crippen molar-refractivity contribution in [2.24, 2.45) is 16.7 Å². The minimum Gasteiger partial charge on any atom is -0.347 e. The lowest BCUT2D eigenvalue weighted by Gasteiger charge is -2.31. The summed E-state index contributed by atoms with van der Waals surface area (Å²) in [6, 6.07) is 6.48. The Morgan fingerprint density at radius 3 is 2.21 bits per heavy atom. The first-order valence-corrected chi connectivity index (χ1v) is 14.4. The molecule has 1 aromatic carbocycles. The normalized spacial score (nSPS) is 20.2. The van der Waals surface area contributed by atoms with Crippen LogP contribution in [0.3, 0.4) is 0 Å². The number of nitrogens with zero attached hydrogens (tertiary/aromatic N) is 2. The molecule has 1 N–H and O–H groups in total. The summed E-state index contributed by atoms with van der Waals surface area (Å²) < 4.78 is 23.1. The summed E-state index contributed by atoms with van der Waals surface area (Å²) >= 11 is 1.50. The van der Waals surface area contributed by atoms with Gasteiger partial charge in [-0.15, -0.1) is 11.3 Å². The summed E-state index contributed by atoms with van der Waals surface area (Å²) in [6.07, 6.45) is 2.89. The number of rotatable bonds is 6. The van der Waals surface area contributed by atoms with Crippen molar-refractivity contribution in [1.29, 1.82) is 0 Å². The molecule has 0 radical (unpaired) electrons. The van der Waals surface area contributed by atoms with Gasteiger partial charge in [0.25, 0.3) is 5.91 Å². The quantitative estimate of drug-likeness (QED) is 0.646. The summed E-state index contributed by atoms with van der Waals surface area (Å²) in [4.78, 5) is 32.4. The molecule has 9 heteroatoms. The minimum absolute atomic E-state index is 0.0498. The van der Waals surface area contributed by atoms with Crippen LogP contribution in [-0.4, -0.2) is 49.5 Å². The molecule has 2 aromatic rings. The van der Waals surface area contributed by atoms with E-state index in [2.05, 4.69) is 38.0 Å². The molecule has 0 atom stereocenters. The maximum absolute atomic E-state index is 13.0. The lowest BCUT2D eigenvalue weighted by molar-refractivity contribution is -0.134. The van der Waals surface area contributed by atoms with Crippen molar-refractivity contribution < 1.29 is 18.0 Å². The number of hydrogen-bond acceptors (Lipinski definition) is 6. The van der Waals surface area contributed by atoms with E-state index in [-0.39, 0.29) is 39.4 Å². The molecule has 0 bridgehead atoms. The Bertz CT molecular complexity index is 1180. The number of nitrogens with one attached hydrogen (secondary N) is 1. The highest BCUT2D eigenvalue weighted by atomic mass is 32.2. The second-order valence-corrected chi connectivity index (χ2v) is 13.6. The van der Waals surface area contributed by atoms with Crippen molar-refractivity contribution in [2.45, 2.75) is 57.9 Å². The van der Waals surface area contributed by atoms with E-state index in [0.29, 0.717) is 12.2 Å². The Labute approximate surface area is 205 Å². The monoisotopic (exact) mass is 503 g/mol. The number of carbonyl (C=O) groups excluding carboxylic acids is 2. The molecular formula is C25H33N3O4S2. The predicted molar refractivity (Wildman–Crippen MR) is 132 cm³/mol. The predicted octanol–water partition coefficient (Wildman–Crippen LogP) is 3.86. The number of aromatic nitrogens is 1. The molecule has 34 heavy (non-hydrogen) atoms. The second-order valence-electron chi connectivity index (χ2n) is 10.6. The van der Waals surface area contributed by atoms with Crippen LogP contribution in [0.2, 0.25) is 0 Å². The number of benzene rings is 1. The standard InChI is InChI=1S/C25H33N3O4S2/c1-24(2)20(25(24,3)4)23(30)28-12-10-17(11-13-28)22-27-19(15-33-22)21(29)26-14-16-6-8-18(9-7-16)34(5,31)32/h6-9,15,17,20H,10-14H2,1-5H3,(H,26,29). The molecular weight excluding hydrogens is 470 g/mol. The Morgan fingerprint density at radius 2 is 1.68 bits per heavy atom. The fourth-order valence-electron chi connectivity index (χ4n) is 5.05. The van der Waals surface area contributed by atoms with Gasteiger partial charge in [0.2, 0.25) is 5.91 Å². The summed E-state index contributed by atoms with van der Waals surface area (Å²) in [5, 5.41) is 5.58. The van der Waals surface area contributed by atoms with Crippen molar-refractivity contribution in [3.63, 3.8) is 0 Å². The van der Waals surface area contributed by atoms with E-state index in [1.165, 1.54) is 17.6 Å². The zero-order valence-electron chi connectivity index (χ0n) is 20.4. The Kier molecular flexibility index (Phi) is 6.40. The zero-order valence-corrected chi connectivity index (χ0v) is 22.1. The number of sulfone groups is 1. The van der Waals surface area contributed by atoms with Crippen LogP contribution in [0.15, 0.2) is 34.5 Å². The first kappa shape index (κ1) is 24.9. The van der Waals surface area contributed by atoms with Crippen molar-refractivity contribution in [3.8, 4) is 0 Å². The van der Waals surface area contributed by atoms with Crippen LogP contribution >= 0.6 is 11.3 Å². The lowest BCUT2D eigenvalue weighted by atomic mass is 9.96. The highest BCUT2D eigenvalue weighted by Gasteiger charge is 2.68. The van der Waals surface area contributed by atoms with Gasteiger partial charge in [-0.25, -0.2) is 13.4 Å². The van der Waals surface area contributed by atoms with Gasteiger partial charge in [0.1, 0.15) is 5.69 Å². The van der Waals surface area contributed by atoms with Crippen LogP contribution in [0, 0.1) is 16.7 Å². The number of piperidine rings is 1. The Morgan fingerprint density at radius 1 is 1.09 bits per heavy atom. The van der Waals surface area contributed by atoms with Crippen LogP contribution < -0.4 is 5.32 Å². The zero-order chi connectivity index (χ0) is 24.9. The van der Waals surface area contributed by atoms with Crippen LogP contribution in [0.25, 0.3) is 0 Å². The van der Waals surface area contributed by atoms with E-state index in [9.17, 15) is 18.0 Å². The molecule has 1 aliphatic carbocycles. The summed E-state index contributed by atoms with van der Waals surface area (Å²) in [5.74, 6) is 0.381. The average molecular weight is 504 g/mol. The molecule has 1 saturated heterocycles. The molecule has 4 rings (SSSR count). The Balaban J connectivity index is 1.29. The molecule has 2 amide bonds. The summed E-state index contributed by atoms with van der Waals surface area (Å²) in [5.41, 5.74) is 1.31. The molecule has 0 spiro atoms. The van der Waals surface area contributed by atoms with Gasteiger partial charge in [0.15, 0.2) is 9.84 Å². The van der Waals surface area contributed by atoms with E-state index in [1.807, 2.05) is 4.90 Å². The number of likely N-dealkylation sites (tertiary alicyclic amines) is 1. The number of thiazole rings is 1. The number of carbonyl (C=O) groups is 2. The third kappa shape index (κ3) is 4.64. The molecule has 7 nitrogen and oxygen atoms in total. The highest BCUT2D eigenvalue weighted by Crippen LogP contribution is 2.68. The molecule has 1 saturated carbocycles. The van der Waals surface area contributed by atoms with E-state index < -0.39 is 9.84 Å². The maximum Gasteiger partial charge on any atom is 0.271 e.